The monoisotopic (exact) mass is 167 g/mol. The Bertz CT molecular complexity index is 299. The Morgan fingerprint density at radius 3 is 3.00 bits per heavy atom. The van der Waals surface area contributed by atoms with E-state index in [2.05, 4.69) is 9.99 Å². The summed E-state index contributed by atoms with van der Waals surface area (Å²) in [5.74, 6) is -0.151. The topological polar surface area (TPSA) is 38.7 Å². The number of nitrogens with zero attached hydrogens (tertiary/aromatic N) is 1. The van der Waals surface area contributed by atoms with E-state index in [-0.39, 0.29) is 5.75 Å². The van der Waals surface area contributed by atoms with Crippen LogP contribution in [0, 0.1) is 5.82 Å². The fraction of sp³-hybridized carbons (Fsp3) is 0. The van der Waals surface area contributed by atoms with E-state index < -0.39 is 5.82 Å². The van der Waals surface area contributed by atoms with Crippen molar-refractivity contribution in [2.75, 3.05) is 0 Å². The third-order valence-corrected chi connectivity index (χ3v) is 1.08. The molecular formula is C8H6FNO2. The summed E-state index contributed by atoms with van der Waals surface area (Å²) < 4.78 is 12.5. The van der Waals surface area contributed by atoms with Crippen LogP contribution in [0.2, 0.25) is 0 Å². The zero-order valence-electron chi connectivity index (χ0n) is 6.11. The average Bonchev–Trinajstić information content (AvgIpc) is 2.05. The van der Waals surface area contributed by atoms with Gasteiger partial charge in [-0.1, -0.05) is 11.2 Å². The summed E-state index contributed by atoms with van der Waals surface area (Å²) in [6.07, 6.45) is 1.41. The molecule has 0 spiro atoms. The highest BCUT2D eigenvalue weighted by molar-refractivity contribution is 6.12. The lowest BCUT2D eigenvalue weighted by atomic mass is 10.3. The zero-order chi connectivity index (χ0) is 8.81. The van der Waals surface area contributed by atoms with Crippen LogP contribution in [-0.4, -0.2) is 12.5 Å². The minimum absolute atomic E-state index is 0.258. The first-order valence-electron chi connectivity index (χ1n) is 3.22. The predicted molar refractivity (Wildman–Crippen MR) is 41.6 cm³/mol. The van der Waals surface area contributed by atoms with Crippen LogP contribution in [0.15, 0.2) is 29.4 Å². The van der Waals surface area contributed by atoms with Gasteiger partial charge in [0.15, 0.2) is 12.0 Å². The molecule has 0 radical (unpaired) electrons. The summed E-state index contributed by atoms with van der Waals surface area (Å²) in [5, 5.41) is 3.24. The van der Waals surface area contributed by atoms with E-state index in [0.29, 0.717) is 6.29 Å². The molecule has 0 atom stereocenters. The van der Waals surface area contributed by atoms with Crippen molar-refractivity contribution in [3.8, 4) is 5.75 Å². The van der Waals surface area contributed by atoms with Crippen LogP contribution in [0.4, 0.5) is 4.39 Å². The Labute approximate surface area is 68.5 Å². The highest BCUT2D eigenvalue weighted by Crippen LogP contribution is 2.11. The number of hydrogen-bond acceptors (Lipinski definition) is 3. The van der Waals surface area contributed by atoms with E-state index in [1.807, 2.05) is 0 Å². The van der Waals surface area contributed by atoms with Crippen LogP contribution < -0.4 is 4.84 Å². The maximum atomic E-state index is 12.5. The Balaban J connectivity index is 2.63. The third-order valence-electron chi connectivity index (χ3n) is 1.08. The van der Waals surface area contributed by atoms with Crippen LogP contribution in [0.1, 0.15) is 0 Å². The molecule has 0 fully saturated rings. The van der Waals surface area contributed by atoms with Gasteiger partial charge in [-0.15, -0.1) is 0 Å². The molecule has 1 aromatic carbocycles. The number of carbonyl (C=O) groups is 1. The molecule has 0 unspecified atom stereocenters. The zero-order valence-corrected chi connectivity index (χ0v) is 6.11. The first kappa shape index (κ1) is 8.39. The van der Waals surface area contributed by atoms with Crippen LogP contribution in [0.3, 0.4) is 0 Å². The summed E-state index contributed by atoms with van der Waals surface area (Å²) in [6.45, 7) is 0. The van der Waals surface area contributed by atoms with Gasteiger partial charge in [0.05, 0.1) is 0 Å². The van der Waals surface area contributed by atoms with Gasteiger partial charge in [-0.3, -0.25) is 4.79 Å². The van der Waals surface area contributed by atoms with Crippen LogP contribution in [0.5, 0.6) is 5.75 Å². The van der Waals surface area contributed by atoms with Crippen molar-refractivity contribution >= 4 is 12.5 Å². The number of oxime groups is 1. The van der Waals surface area contributed by atoms with Crippen LogP contribution in [0.25, 0.3) is 0 Å². The van der Waals surface area contributed by atoms with E-state index in [4.69, 9.17) is 0 Å². The summed E-state index contributed by atoms with van der Waals surface area (Å²) in [6, 6.07) is 5.48. The van der Waals surface area contributed by atoms with Crippen molar-refractivity contribution in [1.29, 1.82) is 0 Å². The first-order valence-corrected chi connectivity index (χ1v) is 3.22. The fourth-order valence-corrected chi connectivity index (χ4v) is 0.640. The lowest BCUT2D eigenvalue weighted by Gasteiger charge is -1.95. The highest BCUT2D eigenvalue weighted by atomic mass is 19.1. The van der Waals surface area contributed by atoms with Gasteiger partial charge in [-0.05, 0) is 12.1 Å². The maximum Gasteiger partial charge on any atom is 0.164 e. The van der Waals surface area contributed by atoms with Gasteiger partial charge < -0.3 is 4.84 Å². The largest absolute Gasteiger partial charge is 0.357 e. The second-order valence-corrected chi connectivity index (χ2v) is 1.94. The molecule has 0 aromatic heterocycles. The molecule has 3 nitrogen and oxygen atoms in total. The molecule has 0 aliphatic heterocycles. The molecule has 4 heteroatoms. The molecule has 0 saturated carbocycles. The van der Waals surface area contributed by atoms with E-state index >= 15 is 0 Å². The molecule has 0 amide bonds. The number of benzene rings is 1. The Hall–Kier alpha value is -1.71. The third kappa shape index (κ3) is 2.49. The van der Waals surface area contributed by atoms with Crippen molar-refractivity contribution in [3.05, 3.63) is 30.1 Å². The van der Waals surface area contributed by atoms with Gasteiger partial charge in [0.2, 0.25) is 0 Å². The van der Waals surface area contributed by atoms with Gasteiger partial charge in [0.1, 0.15) is 12.0 Å². The SMILES string of the molecule is O=CC=NOc1cccc(F)c1. The van der Waals surface area contributed by atoms with Crippen molar-refractivity contribution in [3.63, 3.8) is 0 Å². The Morgan fingerprint density at radius 2 is 2.33 bits per heavy atom. The lowest BCUT2D eigenvalue weighted by molar-refractivity contribution is -0.102. The van der Waals surface area contributed by atoms with Gasteiger partial charge in [-0.25, -0.2) is 4.39 Å². The number of halogens is 1. The highest BCUT2D eigenvalue weighted by Gasteiger charge is 1.93. The standard InChI is InChI=1S/C8H6FNO2/c9-7-2-1-3-8(6-7)12-10-4-5-11/h1-6H. The van der Waals surface area contributed by atoms with Crippen LogP contribution >= 0.6 is 0 Å². The maximum absolute atomic E-state index is 12.5. The molecule has 0 N–H and O–H groups in total. The normalized spacial score (nSPS) is 10.1. The molecule has 0 aliphatic carbocycles. The van der Waals surface area contributed by atoms with Crippen molar-refractivity contribution in [2.45, 2.75) is 0 Å². The molecule has 62 valence electrons. The number of carbonyl (C=O) groups excluding carboxylic acids is 1. The van der Waals surface area contributed by atoms with Gasteiger partial charge >= 0.3 is 0 Å². The molecule has 0 saturated heterocycles. The van der Waals surface area contributed by atoms with Gasteiger partial charge in [0, 0.05) is 6.07 Å². The molecule has 0 heterocycles. The minimum Gasteiger partial charge on any atom is -0.357 e. The number of hydrogen-bond donors (Lipinski definition) is 0. The van der Waals surface area contributed by atoms with Gasteiger partial charge in [-0.2, -0.15) is 0 Å². The molecule has 0 aliphatic rings. The van der Waals surface area contributed by atoms with Crippen LogP contribution in [-0.2, 0) is 4.79 Å². The van der Waals surface area contributed by atoms with E-state index in [1.54, 1.807) is 0 Å². The second kappa shape index (κ2) is 4.23. The van der Waals surface area contributed by atoms with E-state index in [0.717, 1.165) is 6.21 Å². The predicted octanol–water partition coefficient (Wildman–Crippen LogP) is 1.39. The Morgan fingerprint density at radius 1 is 1.50 bits per heavy atom. The number of rotatable bonds is 3. The summed E-state index contributed by atoms with van der Waals surface area (Å²) in [4.78, 5) is 14.4. The summed E-state index contributed by atoms with van der Waals surface area (Å²) in [7, 11) is 0. The minimum atomic E-state index is -0.409. The lowest BCUT2D eigenvalue weighted by Crippen LogP contribution is -1.85. The smallest absolute Gasteiger partial charge is 0.164 e. The fourth-order valence-electron chi connectivity index (χ4n) is 0.640. The van der Waals surface area contributed by atoms with E-state index in [1.165, 1.54) is 24.3 Å². The van der Waals surface area contributed by atoms with Crippen molar-refractivity contribution < 1.29 is 14.0 Å². The first-order chi connectivity index (χ1) is 5.83. The number of aldehydes is 1. The van der Waals surface area contributed by atoms with E-state index in [9.17, 15) is 9.18 Å². The molecule has 1 rings (SSSR count). The molecule has 12 heavy (non-hydrogen) atoms. The molecular weight excluding hydrogens is 161 g/mol. The van der Waals surface area contributed by atoms with Crippen molar-refractivity contribution in [2.24, 2.45) is 5.16 Å². The van der Waals surface area contributed by atoms with Crippen molar-refractivity contribution in [1.82, 2.24) is 0 Å². The quantitative estimate of drug-likeness (QED) is 0.387. The second-order valence-electron chi connectivity index (χ2n) is 1.94. The molecule has 1 aromatic rings. The summed E-state index contributed by atoms with van der Waals surface area (Å²) in [5.41, 5.74) is 0. The molecule has 0 bridgehead atoms. The average molecular weight is 167 g/mol. The van der Waals surface area contributed by atoms with Gasteiger partial charge in [0.25, 0.3) is 0 Å². The summed E-state index contributed by atoms with van der Waals surface area (Å²) >= 11 is 0. The Kier molecular flexibility index (Phi) is 2.95.